The summed E-state index contributed by atoms with van der Waals surface area (Å²) < 4.78 is 40.3. The molecule has 1 heterocycles. The predicted molar refractivity (Wildman–Crippen MR) is 115 cm³/mol. The Balaban J connectivity index is 1.91. The van der Waals surface area contributed by atoms with E-state index in [1.807, 2.05) is 55.5 Å². The fourth-order valence-electron chi connectivity index (χ4n) is 3.06. The average molecular weight is 430 g/mol. The third kappa shape index (κ3) is 5.20. The van der Waals surface area contributed by atoms with Gasteiger partial charge in [0.15, 0.2) is 5.03 Å². The highest BCUT2D eigenvalue weighted by molar-refractivity contribution is 7.89. The Kier molecular flexibility index (Phi) is 7.12. The molecule has 0 saturated carbocycles. The number of methoxy groups -OCH3 is 2. The van der Waals surface area contributed by atoms with E-state index in [-0.39, 0.29) is 18.1 Å². The summed E-state index contributed by atoms with van der Waals surface area (Å²) in [6.45, 7) is 3.14. The molecule has 2 aromatic carbocycles. The summed E-state index contributed by atoms with van der Waals surface area (Å²) in [4.78, 5) is 0. The van der Waals surface area contributed by atoms with E-state index < -0.39 is 10.0 Å². The number of aryl methyl sites for hydroxylation is 1. The molecule has 7 nitrogen and oxygen atoms in total. The molecule has 0 fully saturated rings. The molecule has 0 radical (unpaired) electrons. The van der Waals surface area contributed by atoms with Gasteiger partial charge in [0, 0.05) is 25.8 Å². The molecule has 3 rings (SSSR count). The third-order valence-electron chi connectivity index (χ3n) is 4.71. The van der Waals surface area contributed by atoms with Crippen LogP contribution in [0.15, 0.2) is 65.8 Å². The van der Waals surface area contributed by atoms with Crippen molar-refractivity contribution >= 4 is 10.0 Å². The van der Waals surface area contributed by atoms with Gasteiger partial charge in [-0.3, -0.25) is 4.68 Å². The van der Waals surface area contributed by atoms with Crippen molar-refractivity contribution < 1.29 is 17.9 Å². The van der Waals surface area contributed by atoms with Crippen LogP contribution in [-0.4, -0.2) is 36.7 Å². The molecule has 0 unspecified atom stereocenters. The highest BCUT2D eigenvalue weighted by Gasteiger charge is 2.27. The molecule has 0 amide bonds. The molecular formula is C22H27N3O4S. The Hall–Kier alpha value is -2.84. The first-order valence-electron chi connectivity index (χ1n) is 9.75. The maximum Gasteiger partial charge on any atom is 0.262 e. The second-order valence-electron chi connectivity index (χ2n) is 6.89. The summed E-state index contributed by atoms with van der Waals surface area (Å²) >= 11 is 0. The van der Waals surface area contributed by atoms with Gasteiger partial charge in [0.25, 0.3) is 10.0 Å². The van der Waals surface area contributed by atoms with Crippen LogP contribution in [0.2, 0.25) is 0 Å². The number of ether oxygens (including phenoxy) is 2. The summed E-state index contributed by atoms with van der Waals surface area (Å²) in [7, 11) is -0.589. The predicted octanol–water partition coefficient (Wildman–Crippen LogP) is 3.70. The van der Waals surface area contributed by atoms with Gasteiger partial charge < -0.3 is 9.47 Å². The van der Waals surface area contributed by atoms with Gasteiger partial charge in [0.1, 0.15) is 11.5 Å². The summed E-state index contributed by atoms with van der Waals surface area (Å²) in [5, 5.41) is 4.33. The lowest BCUT2D eigenvalue weighted by atomic mass is 10.2. The highest BCUT2D eigenvalue weighted by atomic mass is 32.2. The molecule has 0 aliphatic heterocycles. The number of nitrogens with zero attached hydrogens (tertiary/aromatic N) is 3. The van der Waals surface area contributed by atoms with Crippen molar-refractivity contribution in [3.8, 4) is 11.5 Å². The zero-order valence-corrected chi connectivity index (χ0v) is 18.3. The van der Waals surface area contributed by atoms with E-state index in [1.165, 1.54) is 4.31 Å². The van der Waals surface area contributed by atoms with Crippen LogP contribution < -0.4 is 9.47 Å². The SMILES string of the molecule is CCCn1ccc(S(=O)(=O)N(Cc2ccc(OC)cc2)Cc2ccc(OC)cc2)n1. The van der Waals surface area contributed by atoms with Crippen LogP contribution in [0.4, 0.5) is 0 Å². The number of rotatable bonds is 10. The lowest BCUT2D eigenvalue weighted by Gasteiger charge is -2.21. The van der Waals surface area contributed by atoms with Crippen molar-refractivity contribution in [2.75, 3.05) is 14.2 Å². The second kappa shape index (κ2) is 9.77. The van der Waals surface area contributed by atoms with Gasteiger partial charge >= 0.3 is 0 Å². The Labute approximate surface area is 177 Å². The van der Waals surface area contributed by atoms with Crippen LogP contribution in [-0.2, 0) is 29.7 Å². The summed E-state index contributed by atoms with van der Waals surface area (Å²) in [6.07, 6.45) is 2.58. The van der Waals surface area contributed by atoms with Gasteiger partial charge in [-0.25, -0.2) is 8.42 Å². The molecule has 0 atom stereocenters. The largest absolute Gasteiger partial charge is 0.497 e. The van der Waals surface area contributed by atoms with E-state index in [0.717, 1.165) is 29.0 Å². The molecule has 30 heavy (non-hydrogen) atoms. The quantitative estimate of drug-likeness (QED) is 0.491. The molecule has 1 aromatic heterocycles. The number of hydrogen-bond donors (Lipinski definition) is 0. The summed E-state index contributed by atoms with van der Waals surface area (Å²) in [5.41, 5.74) is 1.72. The van der Waals surface area contributed by atoms with Gasteiger partial charge in [0.05, 0.1) is 14.2 Å². The molecule has 0 aliphatic carbocycles. The van der Waals surface area contributed by atoms with Crippen LogP contribution in [0, 0.1) is 0 Å². The van der Waals surface area contributed by atoms with E-state index in [2.05, 4.69) is 5.10 Å². The van der Waals surface area contributed by atoms with Crippen molar-refractivity contribution in [1.29, 1.82) is 0 Å². The standard InChI is InChI=1S/C22H27N3O4S/c1-4-14-24-15-13-22(23-24)30(26,27)25(16-18-5-9-20(28-2)10-6-18)17-19-7-11-21(29-3)12-8-19/h5-13,15H,4,14,16-17H2,1-3H3. The highest BCUT2D eigenvalue weighted by Crippen LogP contribution is 2.22. The Morgan fingerprint density at radius 3 is 1.80 bits per heavy atom. The van der Waals surface area contributed by atoms with E-state index in [4.69, 9.17) is 9.47 Å². The molecule has 0 N–H and O–H groups in total. The normalized spacial score (nSPS) is 11.6. The molecule has 160 valence electrons. The van der Waals surface area contributed by atoms with Crippen molar-refractivity contribution in [2.24, 2.45) is 0 Å². The van der Waals surface area contributed by atoms with Gasteiger partial charge in [-0.15, -0.1) is 0 Å². The summed E-state index contributed by atoms with van der Waals surface area (Å²) in [5.74, 6) is 1.45. The van der Waals surface area contributed by atoms with Crippen molar-refractivity contribution in [1.82, 2.24) is 14.1 Å². The number of aromatic nitrogens is 2. The maximum absolute atomic E-state index is 13.4. The zero-order valence-electron chi connectivity index (χ0n) is 17.5. The number of hydrogen-bond acceptors (Lipinski definition) is 5. The monoisotopic (exact) mass is 429 g/mol. The van der Waals surface area contributed by atoms with Crippen molar-refractivity contribution in [3.63, 3.8) is 0 Å². The van der Waals surface area contributed by atoms with E-state index in [1.54, 1.807) is 31.2 Å². The Morgan fingerprint density at radius 1 is 0.867 bits per heavy atom. The molecule has 3 aromatic rings. The summed E-state index contributed by atoms with van der Waals surface area (Å²) in [6, 6.07) is 16.3. The van der Waals surface area contributed by atoms with Crippen LogP contribution in [0.1, 0.15) is 24.5 Å². The molecule has 0 spiro atoms. The first kappa shape index (κ1) is 21.9. The fourth-order valence-corrected chi connectivity index (χ4v) is 4.41. The molecule has 0 saturated heterocycles. The minimum atomic E-state index is -3.79. The number of benzene rings is 2. The van der Waals surface area contributed by atoms with E-state index in [0.29, 0.717) is 6.54 Å². The lowest BCUT2D eigenvalue weighted by Crippen LogP contribution is -2.30. The van der Waals surface area contributed by atoms with Crippen LogP contribution >= 0.6 is 0 Å². The van der Waals surface area contributed by atoms with Crippen LogP contribution in [0.3, 0.4) is 0 Å². The van der Waals surface area contributed by atoms with Crippen molar-refractivity contribution in [3.05, 3.63) is 71.9 Å². The third-order valence-corrected chi connectivity index (χ3v) is 6.39. The maximum atomic E-state index is 13.4. The molecular weight excluding hydrogens is 402 g/mol. The van der Waals surface area contributed by atoms with Gasteiger partial charge in [-0.05, 0) is 47.9 Å². The Morgan fingerprint density at radius 2 is 1.37 bits per heavy atom. The minimum absolute atomic E-state index is 0.0537. The smallest absolute Gasteiger partial charge is 0.262 e. The topological polar surface area (TPSA) is 73.7 Å². The molecule has 0 bridgehead atoms. The average Bonchev–Trinajstić information content (AvgIpc) is 3.24. The molecule has 0 aliphatic rings. The fraction of sp³-hybridized carbons (Fsp3) is 0.318. The van der Waals surface area contributed by atoms with E-state index in [9.17, 15) is 8.42 Å². The number of sulfonamides is 1. The van der Waals surface area contributed by atoms with Crippen molar-refractivity contribution in [2.45, 2.75) is 38.0 Å². The minimum Gasteiger partial charge on any atom is -0.497 e. The van der Waals surface area contributed by atoms with E-state index >= 15 is 0 Å². The van der Waals surface area contributed by atoms with Crippen LogP contribution in [0.25, 0.3) is 0 Å². The lowest BCUT2D eigenvalue weighted by molar-refractivity contribution is 0.395. The zero-order chi connectivity index (χ0) is 21.6. The first-order valence-corrected chi connectivity index (χ1v) is 11.2. The van der Waals surface area contributed by atoms with Crippen LogP contribution in [0.5, 0.6) is 11.5 Å². The van der Waals surface area contributed by atoms with Gasteiger partial charge in [-0.1, -0.05) is 31.2 Å². The first-order chi connectivity index (χ1) is 14.5. The second-order valence-corrected chi connectivity index (χ2v) is 8.77. The molecule has 8 heteroatoms. The van der Waals surface area contributed by atoms with Gasteiger partial charge in [-0.2, -0.15) is 9.40 Å². The van der Waals surface area contributed by atoms with Gasteiger partial charge in [0.2, 0.25) is 0 Å². The Bertz CT molecular complexity index is 995.